The van der Waals surface area contributed by atoms with E-state index in [0.717, 1.165) is 0 Å². The molecule has 0 saturated carbocycles. The van der Waals surface area contributed by atoms with Crippen LogP contribution < -0.4 is 78.2 Å². The molecule has 26 N–H and O–H groups in total. The third kappa shape index (κ3) is 38.5. The molecule has 32 nitrogen and oxygen atoms in total. The van der Waals surface area contributed by atoms with Crippen LogP contribution >= 0.6 is 0 Å². The van der Waals surface area contributed by atoms with Gasteiger partial charge in [0, 0.05) is 87.7 Å². The van der Waals surface area contributed by atoms with Gasteiger partial charge in [0.2, 0.25) is 41.4 Å². The number of nitrogens with two attached hydrogens (primary N) is 9. The van der Waals surface area contributed by atoms with Crippen molar-refractivity contribution >= 4 is 88.2 Å². The number of benzene rings is 1. The Labute approximate surface area is 599 Å². The van der Waals surface area contributed by atoms with E-state index in [9.17, 15) is 72.9 Å². The molecule has 1 aromatic rings. The van der Waals surface area contributed by atoms with Gasteiger partial charge in [-0.05, 0) is 146 Å². The first kappa shape index (κ1) is 91.5. The van der Waals surface area contributed by atoms with E-state index in [-0.39, 0.29) is 118 Å². The summed E-state index contributed by atoms with van der Waals surface area (Å²) in [6.45, 7) is 13.0. The minimum absolute atomic E-state index is 0.00478. The number of primary amides is 3. The summed E-state index contributed by atoms with van der Waals surface area (Å²) in [5.74, 6) is -17.4. The minimum Gasteiger partial charge on any atom is -0.508 e. The van der Waals surface area contributed by atoms with Crippen molar-refractivity contribution in [2.75, 3.05) is 26.2 Å². The van der Waals surface area contributed by atoms with Crippen LogP contribution in [0.15, 0.2) is 34.3 Å². The van der Waals surface area contributed by atoms with E-state index < -0.39 is 194 Å². The number of phenolic OH excluding ortho intramolecular Hbond substituents is 1. The molecule has 102 heavy (non-hydrogen) atoms. The number of aromatic hydroxyl groups is 1. The fourth-order valence-electron chi connectivity index (χ4n) is 12.0. The van der Waals surface area contributed by atoms with E-state index in [0.29, 0.717) is 50.6 Å². The number of phenols is 1. The first-order chi connectivity index (χ1) is 47.9. The number of hydrogen-bond donors (Lipinski definition) is 17. The number of aliphatic carboxylic acids is 1. The zero-order valence-electron chi connectivity index (χ0n) is 60.8. The van der Waals surface area contributed by atoms with Crippen molar-refractivity contribution in [2.45, 2.75) is 239 Å². The molecule has 0 heterocycles. The molecule has 0 aliphatic heterocycles. The number of hydrogen-bond acceptors (Lipinski definition) is 20. The molecular formula is C70H120N16O16. The number of unbranched alkanes of at least 4 members (excludes halogenated alkanes) is 2. The van der Waals surface area contributed by atoms with E-state index in [2.05, 4.69) is 36.6 Å². The van der Waals surface area contributed by atoms with Crippen molar-refractivity contribution in [3.63, 3.8) is 0 Å². The number of guanidine groups is 2. The lowest BCUT2D eigenvalue weighted by atomic mass is 9.83. The van der Waals surface area contributed by atoms with Gasteiger partial charge in [-0.2, -0.15) is 0 Å². The van der Waals surface area contributed by atoms with E-state index in [1.807, 2.05) is 34.6 Å². The summed E-state index contributed by atoms with van der Waals surface area (Å²) in [6, 6.07) is -0.734. The number of nitrogens with zero attached hydrogens (tertiary/aromatic N) is 2. The number of ketones is 5. The van der Waals surface area contributed by atoms with Crippen LogP contribution in [0.25, 0.3) is 0 Å². The highest BCUT2D eigenvalue weighted by molar-refractivity contribution is 5.99. The predicted molar refractivity (Wildman–Crippen MR) is 385 cm³/mol. The molecule has 7 amide bonds. The third-order valence-electron chi connectivity index (χ3n) is 17.8. The fourth-order valence-corrected chi connectivity index (χ4v) is 12.0. The van der Waals surface area contributed by atoms with E-state index >= 15 is 4.79 Å². The second kappa shape index (κ2) is 49.2. The zero-order chi connectivity index (χ0) is 77.3. The highest BCUT2D eigenvalue weighted by atomic mass is 16.4. The summed E-state index contributed by atoms with van der Waals surface area (Å²) in [4.78, 5) is 187. The number of carboxylic acid groups (broad SMARTS) is 1. The Hall–Kier alpha value is -8.49. The van der Waals surface area contributed by atoms with Crippen LogP contribution in [0, 0.1) is 47.3 Å². The number of carbonyl (C=O) groups excluding carboxylic acids is 12. The van der Waals surface area contributed by atoms with Gasteiger partial charge in [0.05, 0.1) is 48.7 Å². The van der Waals surface area contributed by atoms with Crippen molar-refractivity contribution in [3.8, 4) is 5.75 Å². The summed E-state index contributed by atoms with van der Waals surface area (Å²) in [7, 11) is 0. The van der Waals surface area contributed by atoms with Crippen LogP contribution in [0.1, 0.15) is 195 Å². The summed E-state index contributed by atoms with van der Waals surface area (Å²) in [6.07, 6.45) is -2.83. The SMILES string of the molecule is CC(C)C[C@H](CC(=O)[C@H](CC(C)C)NC(=O)[C@H](CCCCN)CC(=O)[C@H](CCCN=C(N)N)NC(=O)[C@@H](CC(=O)[C@H](CCC(N)=O)NC(=O)[C@H](CCC(N)=O)CC(=O)[C@H](CCCN=C(N)N)NC(=O)[C@@H](CC(=O)[C@@H](C)CC(=O)O)[C@@H](C)O)Cc1ccc(O)cc1)C(C)N[C@@H](CCCCN)C(N)=O. The van der Waals surface area contributed by atoms with Crippen LogP contribution in [0.5, 0.6) is 5.75 Å². The van der Waals surface area contributed by atoms with Crippen LogP contribution in [0.2, 0.25) is 0 Å². The number of nitrogens with one attached hydrogen (secondary N) is 5. The van der Waals surface area contributed by atoms with E-state index in [1.54, 1.807) is 0 Å². The first-order valence-electron chi connectivity index (χ1n) is 35.5. The van der Waals surface area contributed by atoms with Gasteiger partial charge in [0.15, 0.2) is 35.1 Å². The van der Waals surface area contributed by atoms with Gasteiger partial charge < -0.3 is 93.5 Å². The van der Waals surface area contributed by atoms with Crippen LogP contribution in [0.3, 0.4) is 0 Å². The molecule has 0 radical (unpaired) electrons. The summed E-state index contributed by atoms with van der Waals surface area (Å²) < 4.78 is 0. The van der Waals surface area contributed by atoms with Crippen molar-refractivity contribution < 1.29 is 77.6 Å². The van der Waals surface area contributed by atoms with Crippen LogP contribution in [-0.4, -0.2) is 172 Å². The predicted octanol–water partition coefficient (Wildman–Crippen LogP) is 0.0629. The highest BCUT2D eigenvalue weighted by Crippen LogP contribution is 2.27. The minimum atomic E-state index is -1.61. The standard InChI is InChI=1S/C70H120N16O16/c1-39(2)30-47(42(6)82-54(64(75)98)15-9-11-27-72)36-60(93)55(31-40(3)4)86-65(99)45(14-8-10-26-71)34-57(90)51(16-12-28-80-69(76)77)83-67(101)48(33-44-18-21-49(88)22-19-44)37-59(92)53(23-25-62(74)95)84-66(100)46(20-24-61(73)94)35-58(91)52(17-13-29-81-70(78)79)85-68(102)50(43(7)87)38-56(89)41(5)32-63(96)97/h18-19,21-22,39-43,45-48,50-55,82,87-88H,8-17,20,23-38,71-72H2,1-7H3,(H2,73,94)(H2,74,95)(H2,75,98)(H,83,101)(H,84,100)(H,85,102)(H,86,99)(H,96,97)(H4,76,77,80)(H4,78,79,81)/t41-,42?,43+,45+,46+,47+,48+,50-,51-,52-,53-,54-,55-/m0/s1. The Morgan fingerprint density at radius 2 is 0.873 bits per heavy atom. The lowest BCUT2D eigenvalue weighted by Gasteiger charge is -2.31. The lowest BCUT2D eigenvalue weighted by Crippen LogP contribution is -2.50. The molecule has 1 aromatic carbocycles. The maximum atomic E-state index is 15.0. The molecule has 0 saturated heterocycles. The molecule has 0 fully saturated rings. The largest absolute Gasteiger partial charge is 0.508 e. The second-order valence-electron chi connectivity index (χ2n) is 27.8. The molecule has 1 rings (SSSR count). The zero-order valence-corrected chi connectivity index (χ0v) is 60.8. The van der Waals surface area contributed by atoms with Gasteiger partial charge in [0.1, 0.15) is 11.5 Å². The average Bonchev–Trinajstić information content (AvgIpc) is 0.858. The van der Waals surface area contributed by atoms with Gasteiger partial charge in [-0.3, -0.25) is 72.3 Å². The van der Waals surface area contributed by atoms with Crippen LogP contribution in [0.4, 0.5) is 0 Å². The molecule has 0 aliphatic rings. The molecule has 0 spiro atoms. The van der Waals surface area contributed by atoms with E-state index in [4.69, 9.17) is 51.6 Å². The first-order valence-corrected chi connectivity index (χ1v) is 35.5. The maximum Gasteiger partial charge on any atom is 0.304 e. The Balaban J connectivity index is 3.94. The maximum absolute atomic E-state index is 15.0. The van der Waals surface area contributed by atoms with Crippen molar-refractivity contribution in [1.29, 1.82) is 0 Å². The van der Waals surface area contributed by atoms with E-state index in [1.165, 1.54) is 38.1 Å². The average molecular weight is 1440 g/mol. The quantitative estimate of drug-likeness (QED) is 0.0233. The van der Waals surface area contributed by atoms with Crippen molar-refractivity contribution in [2.24, 2.45) is 109 Å². The number of carboxylic acids is 1. The molecule has 576 valence electrons. The summed E-state index contributed by atoms with van der Waals surface area (Å²) in [5.41, 5.74) is 51.3. The molecular weight excluding hydrogens is 1320 g/mol. The number of amides is 7. The number of Topliss-reactive ketones (excluding diaryl/α,β-unsaturated/α-hetero) is 5. The van der Waals surface area contributed by atoms with Crippen molar-refractivity contribution in [1.82, 2.24) is 26.6 Å². The van der Waals surface area contributed by atoms with Crippen molar-refractivity contribution in [3.05, 3.63) is 29.8 Å². The Morgan fingerprint density at radius 1 is 0.451 bits per heavy atom. The topological polar surface area (TPSA) is 602 Å². The smallest absolute Gasteiger partial charge is 0.304 e. The molecule has 13 atom stereocenters. The number of aliphatic hydroxyl groups excluding tert-OH is 1. The molecule has 0 bridgehead atoms. The normalized spacial score (nSPS) is 15.2. The molecule has 32 heteroatoms. The molecule has 0 aliphatic carbocycles. The van der Waals surface area contributed by atoms with Gasteiger partial charge >= 0.3 is 5.97 Å². The van der Waals surface area contributed by atoms with Gasteiger partial charge in [0.25, 0.3) is 0 Å². The van der Waals surface area contributed by atoms with Crippen LogP contribution in [-0.2, 0) is 68.7 Å². The number of carbonyl (C=O) groups is 13. The Kier molecular flexibility index (Phi) is 44.1. The lowest BCUT2D eigenvalue weighted by molar-refractivity contribution is -0.141. The Bertz CT molecular complexity index is 2940. The Morgan fingerprint density at radius 3 is 1.32 bits per heavy atom. The highest BCUT2D eigenvalue weighted by Gasteiger charge is 2.38. The van der Waals surface area contributed by atoms with Gasteiger partial charge in [-0.15, -0.1) is 0 Å². The fraction of sp³-hybridized carbons (Fsp3) is 0.700. The summed E-state index contributed by atoms with van der Waals surface area (Å²) >= 11 is 0. The molecule has 0 aromatic heterocycles. The number of aliphatic hydroxyl groups is 1. The molecule has 1 unspecified atom stereocenters. The third-order valence-corrected chi connectivity index (χ3v) is 17.8. The second-order valence-corrected chi connectivity index (χ2v) is 27.8. The van der Waals surface area contributed by atoms with Gasteiger partial charge in [-0.25, -0.2) is 0 Å². The monoisotopic (exact) mass is 1440 g/mol. The van der Waals surface area contributed by atoms with Gasteiger partial charge in [-0.1, -0.05) is 59.6 Å². The number of aliphatic imine (C=N–C) groups is 2. The number of rotatable bonds is 58. The summed E-state index contributed by atoms with van der Waals surface area (Å²) in [5, 5.41) is 44.4.